The zero-order chi connectivity index (χ0) is 15.1. The van der Waals surface area contributed by atoms with Crippen LogP contribution in [-0.2, 0) is 11.3 Å². The van der Waals surface area contributed by atoms with E-state index in [1.807, 2.05) is 12.1 Å². The van der Waals surface area contributed by atoms with E-state index in [-0.39, 0.29) is 0 Å². The van der Waals surface area contributed by atoms with Crippen LogP contribution in [-0.4, -0.2) is 44.4 Å². The van der Waals surface area contributed by atoms with Gasteiger partial charge in [0.25, 0.3) is 0 Å². The van der Waals surface area contributed by atoms with Crippen molar-refractivity contribution >= 4 is 0 Å². The molecule has 0 aliphatic carbocycles. The zero-order valence-corrected chi connectivity index (χ0v) is 12.9. The van der Waals surface area contributed by atoms with E-state index in [0.717, 1.165) is 44.0 Å². The number of ether oxygens (including phenoxy) is 2. The standard InChI is InChI=1S/C17H24N2O2/c1-3-16-13-19(9-10-21-16)12-15-11-17(20-2)7-6-14(15)5-4-8-18/h6-7,11,16H,3,8-10,12-13,18H2,1-2H3. The monoisotopic (exact) mass is 288 g/mol. The van der Waals surface area contributed by atoms with E-state index in [1.54, 1.807) is 7.11 Å². The molecule has 1 heterocycles. The lowest BCUT2D eigenvalue weighted by atomic mass is 10.1. The predicted octanol–water partition coefficient (Wildman–Crippen LogP) is 1.62. The van der Waals surface area contributed by atoms with Crippen LogP contribution in [0.2, 0.25) is 0 Å². The van der Waals surface area contributed by atoms with Crippen LogP contribution < -0.4 is 10.5 Å². The molecule has 1 aliphatic heterocycles. The second-order valence-corrected chi connectivity index (χ2v) is 5.17. The maximum atomic E-state index is 5.72. The summed E-state index contributed by atoms with van der Waals surface area (Å²) in [6.45, 7) is 6.13. The molecule has 0 bridgehead atoms. The van der Waals surface area contributed by atoms with Crippen LogP contribution in [0.3, 0.4) is 0 Å². The van der Waals surface area contributed by atoms with Gasteiger partial charge in [-0.3, -0.25) is 4.90 Å². The van der Waals surface area contributed by atoms with Crippen molar-refractivity contribution in [2.24, 2.45) is 5.73 Å². The second kappa shape index (κ2) is 8.04. The third-order valence-corrected chi connectivity index (χ3v) is 3.71. The summed E-state index contributed by atoms with van der Waals surface area (Å²) in [6.07, 6.45) is 1.39. The van der Waals surface area contributed by atoms with Gasteiger partial charge in [-0.25, -0.2) is 0 Å². The minimum Gasteiger partial charge on any atom is -0.497 e. The first-order chi connectivity index (χ1) is 10.3. The molecule has 2 rings (SSSR count). The van der Waals surface area contributed by atoms with Gasteiger partial charge in [0.15, 0.2) is 0 Å². The van der Waals surface area contributed by atoms with Gasteiger partial charge in [-0.1, -0.05) is 18.8 Å². The summed E-state index contributed by atoms with van der Waals surface area (Å²) < 4.78 is 11.1. The Kier molecular flexibility index (Phi) is 6.06. The quantitative estimate of drug-likeness (QED) is 0.855. The molecule has 1 saturated heterocycles. The third-order valence-electron chi connectivity index (χ3n) is 3.71. The first-order valence-electron chi connectivity index (χ1n) is 7.46. The first-order valence-corrected chi connectivity index (χ1v) is 7.46. The number of methoxy groups -OCH3 is 1. The fraction of sp³-hybridized carbons (Fsp3) is 0.529. The van der Waals surface area contributed by atoms with Gasteiger partial charge in [-0.05, 0) is 30.2 Å². The van der Waals surface area contributed by atoms with E-state index in [9.17, 15) is 0 Å². The van der Waals surface area contributed by atoms with Gasteiger partial charge in [0, 0.05) is 25.2 Å². The Hall–Kier alpha value is -1.54. The maximum absolute atomic E-state index is 5.72. The summed E-state index contributed by atoms with van der Waals surface area (Å²) >= 11 is 0. The average molecular weight is 288 g/mol. The van der Waals surface area contributed by atoms with E-state index in [0.29, 0.717) is 12.6 Å². The number of rotatable bonds is 4. The topological polar surface area (TPSA) is 47.7 Å². The Labute approximate surface area is 127 Å². The van der Waals surface area contributed by atoms with Crippen LogP contribution in [0.15, 0.2) is 18.2 Å². The van der Waals surface area contributed by atoms with Crippen molar-refractivity contribution in [3.05, 3.63) is 29.3 Å². The molecule has 2 N–H and O–H groups in total. The molecule has 0 saturated carbocycles. The number of morpholine rings is 1. The van der Waals surface area contributed by atoms with Gasteiger partial charge in [-0.2, -0.15) is 0 Å². The van der Waals surface area contributed by atoms with Gasteiger partial charge < -0.3 is 15.2 Å². The van der Waals surface area contributed by atoms with Gasteiger partial charge in [0.2, 0.25) is 0 Å². The Morgan fingerprint density at radius 3 is 3.05 bits per heavy atom. The molecule has 114 valence electrons. The van der Waals surface area contributed by atoms with Crippen molar-refractivity contribution < 1.29 is 9.47 Å². The average Bonchev–Trinajstić information content (AvgIpc) is 2.53. The highest BCUT2D eigenvalue weighted by molar-refractivity contribution is 5.45. The molecule has 1 fully saturated rings. The van der Waals surface area contributed by atoms with Crippen molar-refractivity contribution in [3.8, 4) is 17.6 Å². The Morgan fingerprint density at radius 2 is 2.33 bits per heavy atom. The van der Waals surface area contributed by atoms with Gasteiger partial charge in [-0.15, -0.1) is 0 Å². The predicted molar refractivity (Wildman–Crippen MR) is 84.2 cm³/mol. The highest BCUT2D eigenvalue weighted by atomic mass is 16.5. The molecule has 1 atom stereocenters. The molecule has 1 aliphatic rings. The molecule has 1 unspecified atom stereocenters. The minimum atomic E-state index is 0.336. The van der Waals surface area contributed by atoms with E-state index < -0.39 is 0 Å². The highest BCUT2D eigenvalue weighted by Crippen LogP contribution is 2.20. The normalized spacial score (nSPS) is 18.9. The molecule has 0 spiro atoms. The van der Waals surface area contributed by atoms with Crippen molar-refractivity contribution in [3.63, 3.8) is 0 Å². The summed E-state index contributed by atoms with van der Waals surface area (Å²) in [4.78, 5) is 2.42. The molecule has 21 heavy (non-hydrogen) atoms. The van der Waals surface area contributed by atoms with Gasteiger partial charge in [0.1, 0.15) is 5.75 Å². The molecule has 1 aromatic rings. The molecular formula is C17H24N2O2. The Balaban J connectivity index is 2.16. The van der Waals surface area contributed by atoms with Gasteiger partial charge >= 0.3 is 0 Å². The van der Waals surface area contributed by atoms with E-state index in [4.69, 9.17) is 15.2 Å². The van der Waals surface area contributed by atoms with E-state index in [2.05, 4.69) is 29.7 Å². The minimum absolute atomic E-state index is 0.336. The molecule has 0 amide bonds. The van der Waals surface area contributed by atoms with E-state index >= 15 is 0 Å². The maximum Gasteiger partial charge on any atom is 0.119 e. The lowest BCUT2D eigenvalue weighted by molar-refractivity contribution is -0.0325. The zero-order valence-electron chi connectivity index (χ0n) is 12.9. The Morgan fingerprint density at radius 1 is 1.48 bits per heavy atom. The number of hydrogen-bond donors (Lipinski definition) is 1. The SMILES string of the molecule is CCC1CN(Cc2cc(OC)ccc2C#CCN)CCO1. The third kappa shape index (κ3) is 4.47. The summed E-state index contributed by atoms with van der Waals surface area (Å²) in [5.41, 5.74) is 7.69. The summed E-state index contributed by atoms with van der Waals surface area (Å²) in [5, 5.41) is 0. The number of hydrogen-bond acceptors (Lipinski definition) is 4. The fourth-order valence-electron chi connectivity index (χ4n) is 2.51. The van der Waals surface area contributed by atoms with Crippen LogP contribution in [0.5, 0.6) is 5.75 Å². The lowest BCUT2D eigenvalue weighted by Gasteiger charge is -2.32. The van der Waals surface area contributed by atoms with Gasteiger partial charge in [0.05, 0.1) is 26.4 Å². The smallest absolute Gasteiger partial charge is 0.119 e. The van der Waals surface area contributed by atoms with Crippen LogP contribution in [0, 0.1) is 11.8 Å². The van der Waals surface area contributed by atoms with Crippen molar-refractivity contribution in [2.75, 3.05) is 33.4 Å². The van der Waals surface area contributed by atoms with Crippen molar-refractivity contribution in [1.82, 2.24) is 4.90 Å². The summed E-state index contributed by atoms with van der Waals surface area (Å²) in [6, 6.07) is 6.02. The molecular weight excluding hydrogens is 264 g/mol. The highest BCUT2D eigenvalue weighted by Gasteiger charge is 2.19. The number of nitrogens with two attached hydrogens (primary N) is 1. The number of nitrogens with zero attached hydrogens (tertiary/aromatic N) is 1. The Bertz CT molecular complexity index is 519. The van der Waals surface area contributed by atoms with Crippen LogP contribution in [0.4, 0.5) is 0 Å². The molecule has 0 radical (unpaired) electrons. The summed E-state index contributed by atoms with van der Waals surface area (Å²) in [7, 11) is 1.69. The largest absolute Gasteiger partial charge is 0.497 e. The van der Waals surface area contributed by atoms with Crippen LogP contribution in [0.25, 0.3) is 0 Å². The van der Waals surface area contributed by atoms with Crippen molar-refractivity contribution in [1.29, 1.82) is 0 Å². The number of benzene rings is 1. The molecule has 0 aromatic heterocycles. The fourth-order valence-corrected chi connectivity index (χ4v) is 2.51. The molecule has 4 nitrogen and oxygen atoms in total. The summed E-state index contributed by atoms with van der Waals surface area (Å²) in [5.74, 6) is 6.95. The van der Waals surface area contributed by atoms with Crippen LogP contribution in [0.1, 0.15) is 24.5 Å². The molecule has 1 aromatic carbocycles. The molecule has 4 heteroatoms. The second-order valence-electron chi connectivity index (χ2n) is 5.17. The van der Waals surface area contributed by atoms with Crippen molar-refractivity contribution in [2.45, 2.75) is 26.0 Å². The van der Waals surface area contributed by atoms with Crippen LogP contribution >= 0.6 is 0 Å². The van der Waals surface area contributed by atoms with E-state index in [1.165, 1.54) is 5.56 Å². The lowest BCUT2D eigenvalue weighted by Crippen LogP contribution is -2.41. The first kappa shape index (κ1) is 15.8.